The minimum Gasteiger partial charge on any atom is -0.261 e. The lowest BCUT2D eigenvalue weighted by Gasteiger charge is -2.21. The molecule has 2 nitrogen and oxygen atoms in total. The maximum Gasteiger partial charge on any atom is 0.0437 e. The second kappa shape index (κ2) is 7.53. The summed E-state index contributed by atoms with van der Waals surface area (Å²) in [4.78, 5) is 9.06. The third kappa shape index (κ3) is 4.16. The van der Waals surface area contributed by atoms with Crippen LogP contribution in [0.5, 0.6) is 0 Å². The van der Waals surface area contributed by atoms with E-state index in [1.807, 2.05) is 18.5 Å². The molecule has 3 atom stereocenters. The van der Waals surface area contributed by atoms with Crippen molar-refractivity contribution < 1.29 is 0 Å². The van der Waals surface area contributed by atoms with E-state index >= 15 is 0 Å². The second-order valence-corrected chi connectivity index (χ2v) is 6.85. The molecule has 0 bridgehead atoms. The molecule has 118 valence electrons. The summed E-state index contributed by atoms with van der Waals surface area (Å²) in [5.74, 6) is 2.14. The topological polar surface area (TPSA) is 25.8 Å². The molecule has 2 heterocycles. The van der Waals surface area contributed by atoms with Gasteiger partial charge in [-0.05, 0) is 48.1 Å². The number of pyridine rings is 2. The van der Waals surface area contributed by atoms with Crippen LogP contribution in [-0.4, -0.2) is 9.97 Å². The molecule has 22 heavy (non-hydrogen) atoms. The minimum absolute atomic E-state index is 0.459. The molecule has 0 aliphatic rings. The quantitative estimate of drug-likeness (QED) is 0.730. The lowest BCUT2D eigenvalue weighted by Crippen LogP contribution is -2.12. The molecule has 0 saturated heterocycles. The summed E-state index contributed by atoms with van der Waals surface area (Å²) in [5.41, 5.74) is 3.78. The van der Waals surface area contributed by atoms with Crippen molar-refractivity contribution in [3.8, 4) is 0 Å². The van der Waals surface area contributed by atoms with Gasteiger partial charge in [0.2, 0.25) is 0 Å². The SMILES string of the molecule is CC(C)C(C)c1cc(CC(C)[C@@H](C)c2ccccn2)ccn1. The van der Waals surface area contributed by atoms with Crippen molar-refractivity contribution in [1.29, 1.82) is 0 Å². The van der Waals surface area contributed by atoms with Gasteiger partial charge >= 0.3 is 0 Å². The van der Waals surface area contributed by atoms with Crippen molar-refractivity contribution >= 4 is 0 Å². The smallest absolute Gasteiger partial charge is 0.0437 e. The Morgan fingerprint density at radius 2 is 1.55 bits per heavy atom. The van der Waals surface area contributed by atoms with Gasteiger partial charge in [0.05, 0.1) is 0 Å². The molecule has 2 heteroatoms. The summed E-state index contributed by atoms with van der Waals surface area (Å²) < 4.78 is 0. The Balaban J connectivity index is 2.08. The highest BCUT2D eigenvalue weighted by atomic mass is 14.7. The third-order valence-corrected chi connectivity index (χ3v) is 4.88. The van der Waals surface area contributed by atoms with Gasteiger partial charge in [0.25, 0.3) is 0 Å². The van der Waals surface area contributed by atoms with E-state index in [0.717, 1.165) is 6.42 Å². The van der Waals surface area contributed by atoms with E-state index < -0.39 is 0 Å². The third-order valence-electron chi connectivity index (χ3n) is 4.88. The van der Waals surface area contributed by atoms with Gasteiger partial charge in [0, 0.05) is 35.6 Å². The molecule has 0 spiro atoms. The van der Waals surface area contributed by atoms with E-state index in [1.165, 1.54) is 17.0 Å². The van der Waals surface area contributed by atoms with Crippen LogP contribution >= 0.6 is 0 Å². The highest BCUT2D eigenvalue weighted by Gasteiger charge is 2.17. The molecule has 0 fully saturated rings. The van der Waals surface area contributed by atoms with Crippen LogP contribution in [0.2, 0.25) is 0 Å². The first-order valence-electron chi connectivity index (χ1n) is 8.34. The first-order valence-corrected chi connectivity index (χ1v) is 8.34. The lowest BCUT2D eigenvalue weighted by atomic mass is 9.86. The molecule has 2 rings (SSSR count). The molecule has 0 aliphatic heterocycles. The first kappa shape index (κ1) is 16.7. The molecule has 0 aliphatic carbocycles. The molecule has 0 aromatic carbocycles. The summed E-state index contributed by atoms with van der Waals surface area (Å²) in [5, 5.41) is 0. The monoisotopic (exact) mass is 296 g/mol. The lowest BCUT2D eigenvalue weighted by molar-refractivity contribution is 0.474. The summed E-state index contributed by atoms with van der Waals surface area (Å²) in [6.07, 6.45) is 4.91. The number of hydrogen-bond acceptors (Lipinski definition) is 2. The fourth-order valence-corrected chi connectivity index (χ4v) is 2.70. The molecule has 2 aromatic heterocycles. The van der Waals surface area contributed by atoms with E-state index in [-0.39, 0.29) is 0 Å². The molecular weight excluding hydrogens is 268 g/mol. The van der Waals surface area contributed by atoms with Crippen LogP contribution in [0.15, 0.2) is 42.7 Å². The Bertz CT molecular complexity index is 577. The molecule has 0 saturated carbocycles. The predicted molar refractivity (Wildman–Crippen MR) is 93.0 cm³/mol. The maximum atomic E-state index is 4.56. The normalized spacial score (nSPS) is 15.5. The van der Waals surface area contributed by atoms with Crippen LogP contribution < -0.4 is 0 Å². The van der Waals surface area contributed by atoms with Gasteiger partial charge in [-0.25, -0.2) is 0 Å². The standard InChI is InChI=1S/C20H28N2/c1-14(2)16(4)20-13-18(9-11-22-20)12-15(3)17(5)19-8-6-7-10-21-19/h6-11,13-17H,12H2,1-5H3/t15?,16?,17-/m1/s1. The first-order chi connectivity index (χ1) is 10.5. The van der Waals surface area contributed by atoms with Gasteiger partial charge in [0.15, 0.2) is 0 Å². The van der Waals surface area contributed by atoms with Gasteiger partial charge in [-0.15, -0.1) is 0 Å². The summed E-state index contributed by atoms with van der Waals surface area (Å²) in [6.45, 7) is 11.4. The minimum atomic E-state index is 0.459. The summed E-state index contributed by atoms with van der Waals surface area (Å²) in [7, 11) is 0. The molecular formula is C20H28N2. The highest BCUT2D eigenvalue weighted by Crippen LogP contribution is 2.27. The van der Waals surface area contributed by atoms with Crippen molar-refractivity contribution in [2.24, 2.45) is 11.8 Å². The number of nitrogens with zero attached hydrogens (tertiary/aromatic N) is 2. The fraction of sp³-hybridized carbons (Fsp3) is 0.500. The van der Waals surface area contributed by atoms with Crippen LogP contribution in [-0.2, 0) is 6.42 Å². The van der Waals surface area contributed by atoms with Crippen LogP contribution in [0.25, 0.3) is 0 Å². The Hall–Kier alpha value is -1.70. The Labute approximate surface area is 135 Å². The van der Waals surface area contributed by atoms with Gasteiger partial charge in [-0.1, -0.05) is 40.7 Å². The fourth-order valence-electron chi connectivity index (χ4n) is 2.70. The molecule has 0 amide bonds. The zero-order valence-corrected chi connectivity index (χ0v) is 14.5. The Morgan fingerprint density at radius 3 is 2.18 bits per heavy atom. The molecule has 0 radical (unpaired) electrons. The average molecular weight is 296 g/mol. The Morgan fingerprint density at radius 1 is 0.818 bits per heavy atom. The zero-order chi connectivity index (χ0) is 16.1. The van der Waals surface area contributed by atoms with Crippen molar-refractivity contribution in [3.63, 3.8) is 0 Å². The summed E-state index contributed by atoms with van der Waals surface area (Å²) in [6, 6.07) is 10.6. The van der Waals surface area contributed by atoms with E-state index in [0.29, 0.717) is 23.7 Å². The average Bonchev–Trinajstić information content (AvgIpc) is 2.54. The van der Waals surface area contributed by atoms with Gasteiger partial charge < -0.3 is 0 Å². The van der Waals surface area contributed by atoms with Crippen LogP contribution in [0.4, 0.5) is 0 Å². The van der Waals surface area contributed by atoms with Crippen LogP contribution in [0, 0.1) is 11.8 Å². The molecule has 2 unspecified atom stereocenters. The van der Waals surface area contributed by atoms with E-state index in [9.17, 15) is 0 Å². The van der Waals surface area contributed by atoms with Gasteiger partial charge in [-0.2, -0.15) is 0 Å². The van der Waals surface area contributed by atoms with E-state index in [1.54, 1.807) is 0 Å². The van der Waals surface area contributed by atoms with E-state index in [4.69, 9.17) is 0 Å². The predicted octanol–water partition coefficient (Wildman–Crippen LogP) is 5.22. The zero-order valence-electron chi connectivity index (χ0n) is 14.5. The summed E-state index contributed by atoms with van der Waals surface area (Å²) >= 11 is 0. The largest absolute Gasteiger partial charge is 0.261 e. The number of rotatable bonds is 6. The van der Waals surface area contributed by atoms with Crippen molar-refractivity contribution in [2.75, 3.05) is 0 Å². The molecule has 0 N–H and O–H groups in total. The Kier molecular flexibility index (Phi) is 5.70. The second-order valence-electron chi connectivity index (χ2n) is 6.85. The number of aromatic nitrogens is 2. The van der Waals surface area contributed by atoms with Crippen molar-refractivity contribution in [2.45, 2.75) is 52.9 Å². The van der Waals surface area contributed by atoms with Crippen LogP contribution in [0.1, 0.15) is 63.4 Å². The highest BCUT2D eigenvalue weighted by molar-refractivity contribution is 5.21. The molecule has 2 aromatic rings. The number of hydrogen-bond donors (Lipinski definition) is 0. The van der Waals surface area contributed by atoms with Gasteiger partial charge in [0.1, 0.15) is 0 Å². The van der Waals surface area contributed by atoms with Gasteiger partial charge in [-0.3, -0.25) is 9.97 Å². The van der Waals surface area contributed by atoms with E-state index in [2.05, 4.69) is 68.9 Å². The van der Waals surface area contributed by atoms with Crippen molar-refractivity contribution in [1.82, 2.24) is 9.97 Å². The van der Waals surface area contributed by atoms with Crippen LogP contribution in [0.3, 0.4) is 0 Å². The maximum absolute atomic E-state index is 4.56. The van der Waals surface area contributed by atoms with Crippen molar-refractivity contribution in [3.05, 3.63) is 59.7 Å².